The van der Waals surface area contributed by atoms with E-state index >= 15 is 0 Å². The average molecular weight is 555 g/mol. The lowest BCUT2D eigenvalue weighted by Crippen LogP contribution is -2.40. The van der Waals surface area contributed by atoms with Crippen molar-refractivity contribution in [1.29, 1.82) is 0 Å². The topological polar surface area (TPSA) is 129 Å². The van der Waals surface area contributed by atoms with Crippen LogP contribution in [0.4, 0.5) is 13.2 Å². The van der Waals surface area contributed by atoms with E-state index in [-0.39, 0.29) is 11.4 Å². The van der Waals surface area contributed by atoms with Crippen LogP contribution in [0.2, 0.25) is 0 Å². The summed E-state index contributed by atoms with van der Waals surface area (Å²) in [5, 5.41) is 0.466. The van der Waals surface area contributed by atoms with Crippen LogP contribution in [0, 0.1) is 0 Å². The number of fused-ring (bicyclic) bond motifs is 1. The number of ether oxygens (including phenoxy) is 1. The summed E-state index contributed by atoms with van der Waals surface area (Å²) in [6.07, 6.45) is -4.06. The molecule has 0 unspecified atom stereocenters. The maximum Gasteiger partial charge on any atom is 0.431 e. The Bertz CT molecular complexity index is 1760. The first-order chi connectivity index (χ1) is 17.3. The van der Waals surface area contributed by atoms with Gasteiger partial charge in [-0.3, -0.25) is 18.9 Å². The number of benzene rings is 2. The van der Waals surface area contributed by atoms with Gasteiger partial charge in [0.1, 0.15) is 11.4 Å². The van der Waals surface area contributed by atoms with Crippen molar-refractivity contribution in [3.8, 4) is 22.7 Å². The first-order valence-corrected chi connectivity index (χ1v) is 13.0. The van der Waals surface area contributed by atoms with Gasteiger partial charge in [0, 0.05) is 24.1 Å². The molecule has 1 N–H and O–H groups in total. The summed E-state index contributed by atoms with van der Waals surface area (Å²) in [6, 6.07) is 11.2. The van der Waals surface area contributed by atoms with Crippen LogP contribution < -0.4 is 20.7 Å². The van der Waals surface area contributed by atoms with Crippen LogP contribution in [0.1, 0.15) is 5.69 Å². The number of hydrogen-bond acceptors (Lipinski definition) is 8. The van der Waals surface area contributed by atoms with Gasteiger partial charge in [-0.2, -0.15) is 17.5 Å². The minimum atomic E-state index is -4.89. The second-order valence-electron chi connectivity index (χ2n) is 7.84. The second kappa shape index (κ2) is 9.48. The van der Waals surface area contributed by atoms with Crippen molar-refractivity contribution in [3.63, 3.8) is 0 Å². The van der Waals surface area contributed by atoms with E-state index < -0.39 is 45.7 Å². The maximum atomic E-state index is 13.2. The Morgan fingerprint density at radius 3 is 2.51 bits per heavy atom. The Balaban J connectivity index is 1.78. The van der Waals surface area contributed by atoms with Crippen molar-refractivity contribution in [2.75, 3.05) is 12.9 Å². The standard InChI is InChI=1S/C22H17F3N4O6S2/c1-28-17(22(23,24)25)10-19(31)29(21(28)32)12-7-8-16-14(9-12)20(26-36-16)13-5-3-4-6-15(13)35-11-18(30)27-37(2,33)34/h3-10H,11H2,1-2H3,(H,27,30). The average Bonchev–Trinajstić information content (AvgIpc) is 3.22. The molecule has 0 aliphatic rings. The number of amides is 1. The predicted octanol–water partition coefficient (Wildman–Crippen LogP) is 2.29. The van der Waals surface area contributed by atoms with E-state index in [2.05, 4.69) is 4.37 Å². The molecule has 0 spiro atoms. The molecule has 10 nitrogen and oxygen atoms in total. The lowest BCUT2D eigenvalue weighted by atomic mass is 10.1. The van der Waals surface area contributed by atoms with Crippen LogP contribution in [0.5, 0.6) is 5.75 Å². The van der Waals surface area contributed by atoms with Gasteiger partial charge < -0.3 is 4.74 Å². The molecule has 37 heavy (non-hydrogen) atoms. The Labute approximate surface area is 210 Å². The van der Waals surface area contributed by atoms with Gasteiger partial charge in [0.05, 0.1) is 22.3 Å². The van der Waals surface area contributed by atoms with Crippen molar-refractivity contribution in [1.82, 2.24) is 18.2 Å². The van der Waals surface area contributed by atoms with E-state index in [4.69, 9.17) is 4.74 Å². The largest absolute Gasteiger partial charge is 0.483 e. The van der Waals surface area contributed by atoms with Crippen LogP contribution in [0.15, 0.2) is 58.1 Å². The molecule has 2 aromatic heterocycles. The molecule has 0 aliphatic heterocycles. The lowest BCUT2D eigenvalue weighted by molar-refractivity contribution is -0.144. The molecule has 2 heterocycles. The number of hydrogen-bond donors (Lipinski definition) is 1. The fourth-order valence-corrected chi connectivity index (χ4v) is 4.80. The van der Waals surface area contributed by atoms with E-state index in [0.717, 1.165) is 24.8 Å². The Morgan fingerprint density at radius 2 is 1.84 bits per heavy atom. The number of rotatable bonds is 6. The SMILES string of the molecule is Cn1c(C(F)(F)F)cc(=O)n(-c2ccc3snc(-c4ccccc4OCC(=O)NS(C)(=O)=O)c3c2)c1=O. The van der Waals surface area contributed by atoms with E-state index in [1.807, 2.05) is 0 Å². The molecule has 4 aromatic rings. The minimum Gasteiger partial charge on any atom is -0.483 e. The molecule has 0 saturated carbocycles. The van der Waals surface area contributed by atoms with Crippen molar-refractivity contribution < 1.29 is 31.1 Å². The third kappa shape index (κ3) is 5.41. The first-order valence-electron chi connectivity index (χ1n) is 10.3. The molecule has 0 atom stereocenters. The summed E-state index contributed by atoms with van der Waals surface area (Å²) in [5.41, 5.74) is -2.89. The van der Waals surface area contributed by atoms with Gasteiger partial charge in [0.15, 0.2) is 6.61 Å². The number of halogens is 3. The monoisotopic (exact) mass is 554 g/mol. The normalized spacial score (nSPS) is 12.0. The third-order valence-corrected chi connectivity index (χ3v) is 6.55. The van der Waals surface area contributed by atoms with Gasteiger partial charge >= 0.3 is 11.9 Å². The van der Waals surface area contributed by atoms with Crippen LogP contribution in [-0.2, 0) is 28.0 Å². The molecule has 0 bridgehead atoms. The smallest absolute Gasteiger partial charge is 0.431 e. The van der Waals surface area contributed by atoms with Gasteiger partial charge in [-0.05, 0) is 41.9 Å². The zero-order chi connectivity index (χ0) is 27.1. The molecule has 0 aliphatic carbocycles. The highest BCUT2D eigenvalue weighted by Gasteiger charge is 2.35. The zero-order valence-electron chi connectivity index (χ0n) is 19.1. The molecule has 0 saturated heterocycles. The summed E-state index contributed by atoms with van der Waals surface area (Å²) >= 11 is 1.09. The van der Waals surface area contributed by atoms with Gasteiger partial charge in [0.25, 0.3) is 11.5 Å². The lowest BCUT2D eigenvalue weighted by Gasteiger charge is -2.14. The quantitative estimate of drug-likeness (QED) is 0.387. The number of para-hydroxylation sites is 1. The highest BCUT2D eigenvalue weighted by atomic mass is 32.2. The number of aromatic nitrogens is 3. The molecule has 0 radical (unpaired) electrons. The minimum absolute atomic E-state index is 0.0270. The Kier molecular flexibility index (Phi) is 6.68. The molecule has 0 fully saturated rings. The number of nitrogens with one attached hydrogen (secondary N) is 1. The number of carbonyl (C=O) groups excluding carboxylic acids is 1. The highest BCUT2D eigenvalue weighted by Crippen LogP contribution is 2.37. The third-order valence-electron chi connectivity index (χ3n) is 5.12. The van der Waals surface area contributed by atoms with Crippen LogP contribution in [0.25, 0.3) is 27.0 Å². The van der Waals surface area contributed by atoms with E-state index in [0.29, 0.717) is 36.5 Å². The van der Waals surface area contributed by atoms with Crippen LogP contribution in [-0.4, -0.2) is 40.7 Å². The maximum absolute atomic E-state index is 13.2. The molecule has 2 aromatic carbocycles. The van der Waals surface area contributed by atoms with Crippen LogP contribution in [0.3, 0.4) is 0 Å². The molecule has 4 rings (SSSR count). The van der Waals surface area contributed by atoms with Crippen LogP contribution >= 0.6 is 11.5 Å². The van der Waals surface area contributed by atoms with E-state index in [9.17, 15) is 36.0 Å². The molecular formula is C22H17F3N4O6S2. The summed E-state index contributed by atoms with van der Waals surface area (Å²) in [5.74, 6) is -0.688. The number of alkyl halides is 3. The highest BCUT2D eigenvalue weighted by molar-refractivity contribution is 7.89. The van der Waals surface area contributed by atoms with Crippen molar-refractivity contribution in [2.45, 2.75) is 6.18 Å². The first kappa shape index (κ1) is 26.1. The van der Waals surface area contributed by atoms with Crippen molar-refractivity contribution in [3.05, 3.63) is 75.1 Å². The van der Waals surface area contributed by atoms with E-state index in [1.54, 1.807) is 29.0 Å². The number of sulfonamides is 1. The zero-order valence-corrected chi connectivity index (χ0v) is 20.7. The molecule has 194 valence electrons. The second-order valence-corrected chi connectivity index (χ2v) is 10.4. The summed E-state index contributed by atoms with van der Waals surface area (Å²) < 4.78 is 75.4. The molecule has 1 amide bonds. The number of carbonyl (C=O) groups is 1. The fraction of sp³-hybridized carbons (Fsp3) is 0.182. The molecule has 15 heteroatoms. The molecular weight excluding hydrogens is 537 g/mol. The Hall–Kier alpha value is -3.98. The van der Waals surface area contributed by atoms with Gasteiger partial charge in [-0.1, -0.05) is 12.1 Å². The van der Waals surface area contributed by atoms with Crippen molar-refractivity contribution in [2.24, 2.45) is 7.05 Å². The summed E-state index contributed by atoms with van der Waals surface area (Å²) in [6.45, 7) is -0.603. The number of nitrogens with zero attached hydrogens (tertiary/aromatic N) is 3. The van der Waals surface area contributed by atoms with Gasteiger partial charge in [-0.25, -0.2) is 17.8 Å². The van der Waals surface area contributed by atoms with E-state index in [1.165, 1.54) is 18.2 Å². The Morgan fingerprint density at radius 1 is 1.14 bits per heavy atom. The fourth-order valence-electron chi connectivity index (χ4n) is 3.56. The van der Waals surface area contributed by atoms with Gasteiger partial charge in [0.2, 0.25) is 10.0 Å². The summed E-state index contributed by atoms with van der Waals surface area (Å²) in [7, 11) is -2.85. The predicted molar refractivity (Wildman–Crippen MR) is 129 cm³/mol. The van der Waals surface area contributed by atoms with Gasteiger partial charge in [-0.15, -0.1) is 0 Å². The summed E-state index contributed by atoms with van der Waals surface area (Å²) in [4.78, 5) is 37.1. The van der Waals surface area contributed by atoms with Crippen molar-refractivity contribution >= 4 is 37.5 Å².